The molecule has 37 heavy (non-hydrogen) atoms. The molecule has 1 aromatic heterocycles. The summed E-state index contributed by atoms with van der Waals surface area (Å²) in [5.41, 5.74) is 4.54. The molecule has 0 aliphatic carbocycles. The van der Waals surface area contributed by atoms with Crippen molar-refractivity contribution >= 4 is 28.3 Å². The van der Waals surface area contributed by atoms with Gasteiger partial charge in [-0.2, -0.15) is 0 Å². The van der Waals surface area contributed by atoms with E-state index in [0.717, 1.165) is 22.4 Å². The van der Waals surface area contributed by atoms with Crippen molar-refractivity contribution in [3.05, 3.63) is 77.7 Å². The van der Waals surface area contributed by atoms with Gasteiger partial charge in [-0.15, -0.1) is 11.3 Å². The summed E-state index contributed by atoms with van der Waals surface area (Å²) >= 11 is 1.30. The number of anilines is 1. The maximum atomic E-state index is 12.3. The second kappa shape index (κ2) is 12.0. The number of methoxy groups -OCH3 is 3. The second-order valence-electron chi connectivity index (χ2n) is 7.90. The molecule has 0 aliphatic heterocycles. The first kappa shape index (κ1) is 25.7. The molecule has 0 saturated heterocycles. The van der Waals surface area contributed by atoms with E-state index in [1.807, 2.05) is 47.8 Å². The molecule has 0 radical (unpaired) electrons. The van der Waals surface area contributed by atoms with E-state index in [1.165, 1.54) is 32.7 Å². The third-order valence-corrected chi connectivity index (χ3v) is 6.23. The third-order valence-electron chi connectivity index (χ3n) is 5.48. The Morgan fingerprint density at radius 3 is 2.08 bits per heavy atom. The first-order valence-corrected chi connectivity index (χ1v) is 12.2. The molecule has 0 fully saturated rings. The largest absolute Gasteiger partial charge is 0.493 e. The Labute approximate surface area is 218 Å². The standard InChI is InChI=1S/C28H26N2O6S/c1-33-23-13-18(14-24(34-2)27(23)35-3)15-26(32)36-16-25(31)30-28-29-22(17-37-28)21-11-9-20(10-12-21)19-7-5-4-6-8-19/h4-14,17H,15-16H2,1-3H3,(H,29,30,31). The van der Waals surface area contributed by atoms with Crippen LogP contribution in [0.2, 0.25) is 0 Å². The summed E-state index contributed by atoms with van der Waals surface area (Å²) in [6.07, 6.45) is -0.0651. The Bertz CT molecular complexity index is 1340. The number of esters is 1. The van der Waals surface area contributed by atoms with Crippen molar-refractivity contribution < 1.29 is 28.5 Å². The van der Waals surface area contributed by atoms with Crippen LogP contribution in [0.3, 0.4) is 0 Å². The molecular formula is C28H26N2O6S. The topological polar surface area (TPSA) is 96.0 Å². The zero-order valence-electron chi connectivity index (χ0n) is 20.6. The van der Waals surface area contributed by atoms with Crippen molar-refractivity contribution in [3.63, 3.8) is 0 Å². The van der Waals surface area contributed by atoms with Crippen molar-refractivity contribution in [2.24, 2.45) is 0 Å². The highest BCUT2D eigenvalue weighted by atomic mass is 32.1. The number of aromatic nitrogens is 1. The second-order valence-corrected chi connectivity index (χ2v) is 8.76. The van der Waals surface area contributed by atoms with Gasteiger partial charge in [0, 0.05) is 10.9 Å². The van der Waals surface area contributed by atoms with Gasteiger partial charge in [0.1, 0.15) is 0 Å². The van der Waals surface area contributed by atoms with Gasteiger partial charge in [-0.3, -0.25) is 14.9 Å². The van der Waals surface area contributed by atoms with Crippen LogP contribution >= 0.6 is 11.3 Å². The molecule has 1 amide bonds. The molecule has 0 unspecified atom stereocenters. The highest BCUT2D eigenvalue weighted by molar-refractivity contribution is 7.14. The van der Waals surface area contributed by atoms with Crippen LogP contribution in [0.1, 0.15) is 5.56 Å². The minimum Gasteiger partial charge on any atom is -0.493 e. The van der Waals surface area contributed by atoms with Crippen molar-refractivity contribution in [1.82, 2.24) is 4.98 Å². The molecule has 1 heterocycles. The molecule has 0 saturated carbocycles. The van der Waals surface area contributed by atoms with Gasteiger partial charge in [0.05, 0.1) is 33.4 Å². The Kier molecular flexibility index (Phi) is 8.37. The van der Waals surface area contributed by atoms with Crippen LogP contribution in [-0.4, -0.2) is 44.8 Å². The minimum absolute atomic E-state index is 0.0651. The summed E-state index contributed by atoms with van der Waals surface area (Å²) in [6, 6.07) is 21.5. The molecule has 8 nitrogen and oxygen atoms in total. The molecule has 0 spiro atoms. The summed E-state index contributed by atoms with van der Waals surface area (Å²) in [5.74, 6) is 0.242. The van der Waals surface area contributed by atoms with E-state index in [1.54, 1.807) is 12.1 Å². The lowest BCUT2D eigenvalue weighted by Gasteiger charge is -2.14. The molecular weight excluding hydrogens is 492 g/mol. The number of ether oxygens (including phenoxy) is 4. The van der Waals surface area contributed by atoms with Gasteiger partial charge in [-0.05, 0) is 28.8 Å². The molecule has 0 bridgehead atoms. The van der Waals surface area contributed by atoms with Crippen LogP contribution < -0.4 is 19.5 Å². The maximum absolute atomic E-state index is 12.3. The minimum atomic E-state index is -0.567. The number of carbonyl (C=O) groups is 2. The summed E-state index contributed by atoms with van der Waals surface area (Å²) in [4.78, 5) is 29.1. The normalized spacial score (nSPS) is 10.5. The van der Waals surface area contributed by atoms with Gasteiger partial charge in [0.2, 0.25) is 5.75 Å². The molecule has 4 aromatic rings. The lowest BCUT2D eigenvalue weighted by atomic mass is 10.0. The number of nitrogens with one attached hydrogen (secondary N) is 1. The monoisotopic (exact) mass is 518 g/mol. The smallest absolute Gasteiger partial charge is 0.310 e. The Hall–Kier alpha value is -4.37. The molecule has 0 atom stereocenters. The number of hydrogen-bond donors (Lipinski definition) is 1. The lowest BCUT2D eigenvalue weighted by molar-refractivity contribution is -0.146. The molecule has 9 heteroatoms. The zero-order chi connectivity index (χ0) is 26.2. The fourth-order valence-electron chi connectivity index (χ4n) is 3.68. The van der Waals surface area contributed by atoms with E-state index in [-0.39, 0.29) is 6.42 Å². The molecule has 1 N–H and O–H groups in total. The van der Waals surface area contributed by atoms with Crippen LogP contribution in [0.15, 0.2) is 72.1 Å². The maximum Gasteiger partial charge on any atom is 0.310 e. The van der Waals surface area contributed by atoms with Crippen molar-refractivity contribution in [2.45, 2.75) is 6.42 Å². The fraction of sp³-hybridized carbons (Fsp3) is 0.179. The van der Waals surface area contributed by atoms with Gasteiger partial charge in [0.25, 0.3) is 5.91 Å². The molecule has 190 valence electrons. The van der Waals surface area contributed by atoms with Crippen molar-refractivity contribution in [3.8, 4) is 39.6 Å². The number of benzene rings is 3. The van der Waals surface area contributed by atoms with E-state index in [9.17, 15) is 9.59 Å². The highest BCUT2D eigenvalue weighted by Gasteiger charge is 2.16. The quantitative estimate of drug-likeness (QED) is 0.287. The number of nitrogens with zero attached hydrogens (tertiary/aromatic N) is 1. The Balaban J connectivity index is 1.31. The van der Waals surface area contributed by atoms with Gasteiger partial charge < -0.3 is 18.9 Å². The average Bonchev–Trinajstić information content (AvgIpc) is 3.40. The summed E-state index contributed by atoms with van der Waals surface area (Å²) < 4.78 is 21.0. The fourth-order valence-corrected chi connectivity index (χ4v) is 4.42. The number of amides is 1. The summed E-state index contributed by atoms with van der Waals surface area (Å²) in [6.45, 7) is -0.427. The summed E-state index contributed by atoms with van der Waals surface area (Å²) in [5, 5.41) is 4.96. The SMILES string of the molecule is COc1cc(CC(=O)OCC(=O)Nc2nc(-c3ccc(-c4ccccc4)cc3)cs2)cc(OC)c1OC. The molecule has 4 rings (SSSR count). The third kappa shape index (κ3) is 6.45. The molecule has 0 aliphatic rings. The van der Waals surface area contributed by atoms with Crippen LogP contribution in [0.4, 0.5) is 5.13 Å². The average molecular weight is 519 g/mol. The van der Waals surface area contributed by atoms with E-state index in [0.29, 0.717) is 27.9 Å². The van der Waals surface area contributed by atoms with E-state index < -0.39 is 18.5 Å². The van der Waals surface area contributed by atoms with Crippen molar-refractivity contribution in [2.75, 3.05) is 33.3 Å². The number of hydrogen-bond acceptors (Lipinski definition) is 8. The first-order valence-electron chi connectivity index (χ1n) is 11.4. The first-order chi connectivity index (χ1) is 18.0. The predicted octanol–water partition coefficient (Wildman–Crippen LogP) is 5.23. The predicted molar refractivity (Wildman–Crippen MR) is 142 cm³/mol. The lowest BCUT2D eigenvalue weighted by Crippen LogP contribution is -2.21. The van der Waals surface area contributed by atoms with Crippen LogP contribution in [0.25, 0.3) is 22.4 Å². The zero-order valence-corrected chi connectivity index (χ0v) is 21.5. The van der Waals surface area contributed by atoms with E-state index >= 15 is 0 Å². The number of thiazole rings is 1. The number of rotatable bonds is 10. The van der Waals surface area contributed by atoms with E-state index in [4.69, 9.17) is 18.9 Å². The van der Waals surface area contributed by atoms with Gasteiger partial charge in [0.15, 0.2) is 23.2 Å². The van der Waals surface area contributed by atoms with Crippen LogP contribution in [0.5, 0.6) is 17.2 Å². The Morgan fingerprint density at radius 2 is 1.46 bits per heavy atom. The number of carbonyl (C=O) groups excluding carboxylic acids is 2. The van der Waals surface area contributed by atoms with Crippen LogP contribution in [-0.2, 0) is 20.7 Å². The van der Waals surface area contributed by atoms with Crippen molar-refractivity contribution in [1.29, 1.82) is 0 Å². The van der Waals surface area contributed by atoms with Gasteiger partial charge in [-0.25, -0.2) is 4.98 Å². The highest BCUT2D eigenvalue weighted by Crippen LogP contribution is 2.38. The van der Waals surface area contributed by atoms with E-state index in [2.05, 4.69) is 22.4 Å². The molecule has 3 aromatic carbocycles. The van der Waals surface area contributed by atoms with Crippen LogP contribution in [0, 0.1) is 0 Å². The summed E-state index contributed by atoms with van der Waals surface area (Å²) in [7, 11) is 4.49. The van der Waals surface area contributed by atoms with Gasteiger partial charge in [-0.1, -0.05) is 54.6 Å². The van der Waals surface area contributed by atoms with Gasteiger partial charge >= 0.3 is 5.97 Å². The Morgan fingerprint density at radius 1 is 0.838 bits per heavy atom.